The Kier molecular flexibility index (Phi) is 5.05. The van der Waals surface area contributed by atoms with E-state index in [1.54, 1.807) is 13.2 Å². The number of nitrogens with zero attached hydrogens (tertiary/aromatic N) is 1. The Morgan fingerprint density at radius 3 is 3.08 bits per heavy atom. The molecular weight excluding hydrogens is 306 g/mol. The van der Waals surface area contributed by atoms with E-state index in [1.807, 2.05) is 18.2 Å². The number of benzene rings is 1. The van der Waals surface area contributed by atoms with Crippen molar-refractivity contribution in [2.24, 2.45) is 11.7 Å². The quantitative estimate of drug-likeness (QED) is 0.847. The van der Waals surface area contributed by atoms with E-state index in [9.17, 15) is 4.79 Å². The van der Waals surface area contributed by atoms with Crippen LogP contribution in [0.5, 0.6) is 5.75 Å². The molecule has 1 aliphatic rings. The third-order valence-corrected chi connectivity index (χ3v) is 4.37. The van der Waals surface area contributed by atoms with Gasteiger partial charge in [-0.05, 0) is 30.5 Å². The highest BCUT2D eigenvalue weighted by atomic mass is 16.5. The monoisotopic (exact) mass is 329 g/mol. The van der Waals surface area contributed by atoms with E-state index in [2.05, 4.69) is 16.3 Å². The Morgan fingerprint density at radius 2 is 2.33 bits per heavy atom. The van der Waals surface area contributed by atoms with E-state index in [1.165, 1.54) is 6.26 Å². The van der Waals surface area contributed by atoms with Gasteiger partial charge in [-0.25, -0.2) is 0 Å². The summed E-state index contributed by atoms with van der Waals surface area (Å²) < 4.78 is 10.5. The van der Waals surface area contributed by atoms with Crippen LogP contribution in [0.1, 0.15) is 22.5 Å². The van der Waals surface area contributed by atoms with Gasteiger partial charge in [-0.15, -0.1) is 0 Å². The molecule has 0 spiro atoms. The molecular formula is C18H23N3O3. The Bertz CT molecular complexity index is 698. The number of hydrogen-bond acceptors (Lipinski definition) is 5. The number of furan rings is 1. The van der Waals surface area contributed by atoms with Gasteiger partial charge < -0.3 is 25.1 Å². The molecule has 1 aromatic carbocycles. The summed E-state index contributed by atoms with van der Waals surface area (Å²) in [6.07, 6.45) is 2.51. The van der Waals surface area contributed by atoms with Crippen molar-refractivity contribution in [2.45, 2.75) is 13.0 Å². The molecule has 2 heterocycles. The van der Waals surface area contributed by atoms with E-state index in [4.69, 9.17) is 14.9 Å². The van der Waals surface area contributed by atoms with E-state index in [0.717, 1.165) is 30.9 Å². The first-order valence-corrected chi connectivity index (χ1v) is 8.14. The topological polar surface area (TPSA) is 80.7 Å². The van der Waals surface area contributed by atoms with Gasteiger partial charge in [0.15, 0.2) is 0 Å². The first-order valence-electron chi connectivity index (χ1n) is 8.14. The number of rotatable bonds is 6. The fourth-order valence-electron chi connectivity index (χ4n) is 2.99. The number of nitrogens with one attached hydrogen (secondary N) is 1. The van der Waals surface area contributed by atoms with Crippen molar-refractivity contribution < 1.29 is 13.9 Å². The second-order valence-electron chi connectivity index (χ2n) is 6.02. The minimum Gasteiger partial charge on any atom is -0.497 e. The van der Waals surface area contributed by atoms with Gasteiger partial charge in [0, 0.05) is 31.4 Å². The normalized spacial score (nSPS) is 17.1. The number of methoxy groups -OCH3 is 1. The van der Waals surface area contributed by atoms with Crippen molar-refractivity contribution in [3.05, 3.63) is 47.9 Å². The Hall–Kier alpha value is -2.47. The highest BCUT2D eigenvalue weighted by molar-refractivity contribution is 5.93. The zero-order valence-corrected chi connectivity index (χ0v) is 13.8. The fraction of sp³-hybridized carbons (Fsp3) is 0.389. The van der Waals surface area contributed by atoms with Crippen molar-refractivity contribution >= 4 is 11.6 Å². The molecule has 1 amide bonds. The highest BCUT2D eigenvalue weighted by Crippen LogP contribution is 2.26. The molecule has 6 heteroatoms. The first kappa shape index (κ1) is 16.4. The lowest BCUT2D eigenvalue weighted by molar-refractivity contribution is 0.0947. The van der Waals surface area contributed by atoms with Gasteiger partial charge in [-0.1, -0.05) is 6.07 Å². The van der Waals surface area contributed by atoms with Crippen LogP contribution in [-0.4, -0.2) is 32.7 Å². The third-order valence-electron chi connectivity index (χ3n) is 4.37. The lowest BCUT2D eigenvalue weighted by Crippen LogP contribution is -2.30. The van der Waals surface area contributed by atoms with Crippen molar-refractivity contribution in [3.63, 3.8) is 0 Å². The molecule has 6 nitrogen and oxygen atoms in total. The highest BCUT2D eigenvalue weighted by Gasteiger charge is 2.23. The number of anilines is 1. The lowest BCUT2D eigenvalue weighted by atomic mass is 10.1. The van der Waals surface area contributed by atoms with Gasteiger partial charge in [-0.3, -0.25) is 4.79 Å². The average molecular weight is 329 g/mol. The van der Waals surface area contributed by atoms with Crippen LogP contribution in [0.25, 0.3) is 0 Å². The Labute approximate surface area is 141 Å². The van der Waals surface area contributed by atoms with E-state index >= 15 is 0 Å². The molecule has 128 valence electrons. The molecule has 3 N–H and O–H groups in total. The van der Waals surface area contributed by atoms with Crippen LogP contribution in [0.2, 0.25) is 0 Å². The predicted molar refractivity (Wildman–Crippen MR) is 92.2 cm³/mol. The molecule has 24 heavy (non-hydrogen) atoms. The van der Waals surface area contributed by atoms with Gasteiger partial charge in [0.2, 0.25) is 0 Å². The first-order chi connectivity index (χ1) is 11.7. The van der Waals surface area contributed by atoms with Crippen LogP contribution in [0, 0.1) is 5.92 Å². The minimum absolute atomic E-state index is 0.113. The molecule has 2 aromatic rings. The fourth-order valence-corrected chi connectivity index (χ4v) is 2.99. The molecule has 0 saturated carbocycles. The zero-order chi connectivity index (χ0) is 16.9. The SMILES string of the molecule is COc1cccc(N2CCC(CNC(=O)c3coc(CN)c3)C2)c1. The molecule has 0 radical (unpaired) electrons. The molecule has 1 aromatic heterocycles. The van der Waals surface area contributed by atoms with E-state index in [-0.39, 0.29) is 5.91 Å². The second-order valence-corrected chi connectivity index (χ2v) is 6.02. The van der Waals surface area contributed by atoms with Gasteiger partial charge >= 0.3 is 0 Å². The summed E-state index contributed by atoms with van der Waals surface area (Å²) in [5.74, 6) is 1.80. The molecule has 3 rings (SSSR count). The van der Waals surface area contributed by atoms with Crippen molar-refractivity contribution in [3.8, 4) is 5.75 Å². The van der Waals surface area contributed by atoms with E-state index in [0.29, 0.717) is 30.3 Å². The molecule has 0 aliphatic carbocycles. The van der Waals surface area contributed by atoms with Crippen LogP contribution in [0.4, 0.5) is 5.69 Å². The maximum Gasteiger partial charge on any atom is 0.254 e. The minimum atomic E-state index is -0.113. The number of carbonyl (C=O) groups excluding carboxylic acids is 1. The number of amides is 1. The van der Waals surface area contributed by atoms with E-state index < -0.39 is 0 Å². The number of nitrogens with two attached hydrogens (primary N) is 1. The number of carbonyl (C=O) groups is 1. The molecule has 1 unspecified atom stereocenters. The third kappa shape index (κ3) is 3.71. The summed E-state index contributed by atoms with van der Waals surface area (Å²) in [6.45, 7) is 2.86. The van der Waals surface area contributed by atoms with Crippen LogP contribution in [-0.2, 0) is 6.54 Å². The zero-order valence-electron chi connectivity index (χ0n) is 13.8. The van der Waals surface area contributed by atoms with Crippen LogP contribution in [0.15, 0.2) is 41.0 Å². The molecule has 0 bridgehead atoms. The van der Waals surface area contributed by atoms with Crippen molar-refractivity contribution in [1.29, 1.82) is 0 Å². The maximum atomic E-state index is 12.1. The average Bonchev–Trinajstić information content (AvgIpc) is 3.29. The molecule has 1 saturated heterocycles. The predicted octanol–water partition coefficient (Wildman–Crippen LogP) is 2.00. The molecule has 1 fully saturated rings. The summed E-state index contributed by atoms with van der Waals surface area (Å²) in [7, 11) is 1.67. The summed E-state index contributed by atoms with van der Waals surface area (Å²) >= 11 is 0. The summed E-state index contributed by atoms with van der Waals surface area (Å²) in [6, 6.07) is 9.76. The summed E-state index contributed by atoms with van der Waals surface area (Å²) in [5.41, 5.74) is 7.17. The summed E-state index contributed by atoms with van der Waals surface area (Å²) in [4.78, 5) is 14.4. The molecule has 1 atom stereocenters. The van der Waals surface area contributed by atoms with Crippen molar-refractivity contribution in [2.75, 3.05) is 31.6 Å². The van der Waals surface area contributed by atoms with Crippen LogP contribution in [0.3, 0.4) is 0 Å². The van der Waals surface area contributed by atoms with Crippen molar-refractivity contribution in [1.82, 2.24) is 5.32 Å². The summed E-state index contributed by atoms with van der Waals surface area (Å²) in [5, 5.41) is 2.98. The Balaban J connectivity index is 1.51. The number of hydrogen-bond donors (Lipinski definition) is 2. The lowest BCUT2D eigenvalue weighted by Gasteiger charge is -2.19. The smallest absolute Gasteiger partial charge is 0.254 e. The van der Waals surface area contributed by atoms with Gasteiger partial charge in [0.25, 0.3) is 5.91 Å². The molecule has 1 aliphatic heterocycles. The second kappa shape index (κ2) is 7.40. The standard InChI is InChI=1S/C18H23N3O3/c1-23-16-4-2-3-15(8-16)21-6-5-13(11-21)10-20-18(22)14-7-17(9-19)24-12-14/h2-4,7-8,12-13H,5-6,9-11,19H2,1H3,(H,20,22). The van der Waals surface area contributed by atoms with Crippen LogP contribution >= 0.6 is 0 Å². The maximum absolute atomic E-state index is 12.1. The van der Waals surface area contributed by atoms with Gasteiger partial charge in [0.05, 0.1) is 19.2 Å². The van der Waals surface area contributed by atoms with Gasteiger partial charge in [0.1, 0.15) is 17.8 Å². The van der Waals surface area contributed by atoms with Gasteiger partial charge in [-0.2, -0.15) is 0 Å². The largest absolute Gasteiger partial charge is 0.497 e. The number of ether oxygens (including phenoxy) is 1. The van der Waals surface area contributed by atoms with Crippen LogP contribution < -0.4 is 20.7 Å². The Morgan fingerprint density at radius 1 is 1.46 bits per heavy atom.